The first-order chi connectivity index (χ1) is 5.57. The van der Waals surface area contributed by atoms with Crippen molar-refractivity contribution in [2.24, 2.45) is 5.73 Å². The normalized spacial score (nSPS) is 15.2. The molecule has 0 saturated heterocycles. The van der Waals surface area contributed by atoms with E-state index in [1.54, 1.807) is 6.92 Å². The zero-order chi connectivity index (χ0) is 9.56. The second kappa shape index (κ2) is 6.14. The number of nitrogens with one attached hydrogen (secondary N) is 1. The zero-order valence-corrected chi connectivity index (χ0v) is 8.32. The molecule has 1 amide bonds. The highest BCUT2D eigenvalue weighted by Gasteiger charge is 2.05. The highest BCUT2D eigenvalue weighted by Crippen LogP contribution is 1.80. The lowest BCUT2D eigenvalue weighted by atomic mass is 10.3. The van der Waals surface area contributed by atoms with E-state index in [1.165, 1.54) is 0 Å². The van der Waals surface area contributed by atoms with Crippen LogP contribution in [-0.4, -0.2) is 34.2 Å². The van der Waals surface area contributed by atoms with E-state index in [-0.39, 0.29) is 5.91 Å². The molecule has 0 spiro atoms. The summed E-state index contributed by atoms with van der Waals surface area (Å²) in [6, 6.07) is -0.486. The van der Waals surface area contributed by atoms with E-state index < -0.39 is 16.8 Å². The van der Waals surface area contributed by atoms with Crippen molar-refractivity contribution in [1.29, 1.82) is 0 Å². The van der Waals surface area contributed by atoms with Gasteiger partial charge in [0.15, 0.2) is 0 Å². The van der Waals surface area contributed by atoms with Crippen molar-refractivity contribution in [3.05, 3.63) is 0 Å². The molecular weight excluding hydrogens is 176 g/mol. The maximum atomic E-state index is 10.9. The van der Waals surface area contributed by atoms with Gasteiger partial charge in [-0.25, -0.2) is 0 Å². The van der Waals surface area contributed by atoms with E-state index in [0.717, 1.165) is 0 Å². The van der Waals surface area contributed by atoms with Crippen LogP contribution in [0.2, 0.25) is 0 Å². The highest BCUT2D eigenvalue weighted by molar-refractivity contribution is 7.84. The van der Waals surface area contributed by atoms with Gasteiger partial charge < -0.3 is 11.1 Å². The monoisotopic (exact) mass is 192 g/mol. The average molecular weight is 192 g/mol. The predicted molar refractivity (Wildman–Crippen MR) is 50.2 cm³/mol. The summed E-state index contributed by atoms with van der Waals surface area (Å²) >= 11 is 0. The molecule has 0 bridgehead atoms. The van der Waals surface area contributed by atoms with Crippen LogP contribution in [0, 0.1) is 0 Å². The Hall–Kier alpha value is -0.420. The van der Waals surface area contributed by atoms with Gasteiger partial charge in [-0.3, -0.25) is 9.00 Å². The molecule has 2 atom stereocenters. The van der Waals surface area contributed by atoms with Crippen LogP contribution in [0.1, 0.15) is 13.8 Å². The van der Waals surface area contributed by atoms with Gasteiger partial charge in [0.05, 0.1) is 6.04 Å². The SMILES string of the molecule is CCS(=O)CCNC(=O)[C@H](C)N. The standard InChI is InChI=1S/C7H16N2O2S/c1-3-12(11)5-4-9-7(10)6(2)8/h6H,3-5,8H2,1-2H3,(H,9,10)/t6-,12?/m0/s1. The summed E-state index contributed by atoms with van der Waals surface area (Å²) in [4.78, 5) is 10.9. The molecule has 0 aromatic carbocycles. The summed E-state index contributed by atoms with van der Waals surface area (Å²) in [6.45, 7) is 3.91. The largest absolute Gasteiger partial charge is 0.354 e. The Bertz CT molecular complexity index is 171. The van der Waals surface area contributed by atoms with Crippen LogP contribution in [0.3, 0.4) is 0 Å². The fourth-order valence-electron chi connectivity index (χ4n) is 0.593. The van der Waals surface area contributed by atoms with Crippen molar-refractivity contribution in [2.75, 3.05) is 18.1 Å². The number of rotatable bonds is 5. The van der Waals surface area contributed by atoms with Gasteiger partial charge in [0, 0.05) is 28.9 Å². The van der Waals surface area contributed by atoms with Crippen molar-refractivity contribution < 1.29 is 9.00 Å². The number of hydrogen-bond acceptors (Lipinski definition) is 3. The van der Waals surface area contributed by atoms with Crippen molar-refractivity contribution in [3.63, 3.8) is 0 Å². The van der Waals surface area contributed by atoms with E-state index >= 15 is 0 Å². The average Bonchev–Trinajstić information content (AvgIpc) is 2.03. The third-order valence-electron chi connectivity index (χ3n) is 1.36. The molecule has 0 radical (unpaired) electrons. The Morgan fingerprint density at radius 2 is 2.25 bits per heavy atom. The van der Waals surface area contributed by atoms with Crippen LogP contribution in [-0.2, 0) is 15.6 Å². The number of amides is 1. The van der Waals surface area contributed by atoms with Crippen LogP contribution >= 0.6 is 0 Å². The van der Waals surface area contributed by atoms with Crippen molar-refractivity contribution in [1.82, 2.24) is 5.32 Å². The Morgan fingerprint density at radius 3 is 2.67 bits per heavy atom. The zero-order valence-electron chi connectivity index (χ0n) is 7.50. The molecule has 0 heterocycles. The minimum absolute atomic E-state index is 0.192. The number of hydrogen-bond donors (Lipinski definition) is 2. The summed E-state index contributed by atoms with van der Waals surface area (Å²) in [6.07, 6.45) is 0. The van der Waals surface area contributed by atoms with Crippen LogP contribution in [0.25, 0.3) is 0 Å². The lowest BCUT2D eigenvalue weighted by molar-refractivity contribution is -0.121. The quantitative estimate of drug-likeness (QED) is 0.600. The molecule has 0 aliphatic heterocycles. The molecule has 1 unspecified atom stereocenters. The Labute approximate surface area is 75.4 Å². The third-order valence-corrected chi connectivity index (χ3v) is 2.67. The van der Waals surface area contributed by atoms with E-state index in [2.05, 4.69) is 5.32 Å². The second-order valence-electron chi connectivity index (χ2n) is 2.51. The van der Waals surface area contributed by atoms with Crippen LogP contribution < -0.4 is 11.1 Å². The molecule has 0 aliphatic rings. The molecule has 12 heavy (non-hydrogen) atoms. The van der Waals surface area contributed by atoms with Gasteiger partial charge in [-0.05, 0) is 6.92 Å². The summed E-state index contributed by atoms with van der Waals surface area (Å²) < 4.78 is 10.9. The minimum Gasteiger partial charge on any atom is -0.354 e. The first kappa shape index (κ1) is 11.6. The van der Waals surface area contributed by atoms with Gasteiger partial charge in [0.25, 0.3) is 0 Å². The topological polar surface area (TPSA) is 72.2 Å². The fraction of sp³-hybridized carbons (Fsp3) is 0.857. The van der Waals surface area contributed by atoms with E-state index in [9.17, 15) is 9.00 Å². The number of carbonyl (C=O) groups excluding carboxylic acids is 1. The molecule has 3 N–H and O–H groups in total. The van der Waals surface area contributed by atoms with E-state index in [1.807, 2.05) is 6.92 Å². The van der Waals surface area contributed by atoms with Crippen LogP contribution in [0.5, 0.6) is 0 Å². The van der Waals surface area contributed by atoms with Gasteiger partial charge in [-0.2, -0.15) is 0 Å². The van der Waals surface area contributed by atoms with Crippen molar-refractivity contribution >= 4 is 16.7 Å². The first-order valence-electron chi connectivity index (χ1n) is 3.96. The Morgan fingerprint density at radius 1 is 1.67 bits per heavy atom. The highest BCUT2D eigenvalue weighted by atomic mass is 32.2. The summed E-state index contributed by atoms with van der Waals surface area (Å²) in [5.74, 6) is 0.950. The second-order valence-corrected chi connectivity index (χ2v) is 4.38. The molecule has 0 aromatic rings. The molecule has 4 nitrogen and oxygen atoms in total. The van der Waals surface area contributed by atoms with Gasteiger partial charge in [-0.1, -0.05) is 6.92 Å². The van der Waals surface area contributed by atoms with Gasteiger partial charge in [0.1, 0.15) is 0 Å². The minimum atomic E-state index is -0.812. The van der Waals surface area contributed by atoms with Crippen molar-refractivity contribution in [3.8, 4) is 0 Å². The maximum absolute atomic E-state index is 10.9. The van der Waals surface area contributed by atoms with Crippen LogP contribution in [0.15, 0.2) is 0 Å². The fourth-order valence-corrected chi connectivity index (χ4v) is 1.21. The summed E-state index contributed by atoms with van der Waals surface area (Å²) in [5, 5.41) is 2.59. The molecule has 72 valence electrons. The van der Waals surface area contributed by atoms with Crippen LogP contribution in [0.4, 0.5) is 0 Å². The summed E-state index contributed by atoms with van der Waals surface area (Å²) in [5.41, 5.74) is 5.30. The van der Waals surface area contributed by atoms with Gasteiger partial charge in [-0.15, -0.1) is 0 Å². The Balaban J connectivity index is 3.44. The van der Waals surface area contributed by atoms with E-state index in [0.29, 0.717) is 18.1 Å². The third kappa shape index (κ3) is 5.26. The van der Waals surface area contributed by atoms with Gasteiger partial charge >= 0.3 is 0 Å². The van der Waals surface area contributed by atoms with Gasteiger partial charge in [0.2, 0.25) is 5.91 Å². The lowest BCUT2D eigenvalue weighted by Gasteiger charge is -2.06. The Kier molecular flexibility index (Phi) is 5.92. The summed E-state index contributed by atoms with van der Waals surface area (Å²) in [7, 11) is -0.812. The molecule has 5 heteroatoms. The first-order valence-corrected chi connectivity index (χ1v) is 5.45. The maximum Gasteiger partial charge on any atom is 0.236 e. The predicted octanol–water partition coefficient (Wildman–Crippen LogP) is -0.782. The smallest absolute Gasteiger partial charge is 0.236 e. The molecule has 0 fully saturated rings. The molecule has 0 rings (SSSR count). The van der Waals surface area contributed by atoms with E-state index in [4.69, 9.17) is 5.73 Å². The molecular formula is C7H16N2O2S. The molecule has 0 saturated carbocycles. The molecule has 0 aromatic heterocycles. The van der Waals surface area contributed by atoms with Crippen molar-refractivity contribution in [2.45, 2.75) is 19.9 Å². The molecule has 0 aliphatic carbocycles. The number of carbonyl (C=O) groups is 1. The lowest BCUT2D eigenvalue weighted by Crippen LogP contribution is -2.39. The number of nitrogens with two attached hydrogens (primary N) is 1.